The lowest BCUT2D eigenvalue weighted by Gasteiger charge is -2.21. The highest BCUT2D eigenvalue weighted by Crippen LogP contribution is 2.22. The molecule has 8 heteroatoms. The molecule has 0 aliphatic carbocycles. The average Bonchev–Trinajstić information content (AvgIpc) is 2.40. The number of carboxylic acids is 2. The van der Waals surface area contributed by atoms with Gasteiger partial charge < -0.3 is 19.3 Å². The van der Waals surface area contributed by atoms with Crippen molar-refractivity contribution in [2.24, 2.45) is 10.8 Å². The molecular weight excluding hydrogens is 328 g/mol. The van der Waals surface area contributed by atoms with Crippen LogP contribution in [0.5, 0.6) is 0 Å². The van der Waals surface area contributed by atoms with E-state index in [1.165, 1.54) is 0 Å². The molecule has 0 aromatic heterocycles. The molecule has 0 aliphatic heterocycles. The highest BCUT2D eigenvalue weighted by Gasteiger charge is 2.30. The molecule has 2 unspecified atom stereocenters. The summed E-state index contributed by atoms with van der Waals surface area (Å²) in [4.78, 5) is 21.9. The second kappa shape index (κ2) is 9.00. The largest absolute Gasteiger partial charge is 0.616 e. The maximum Gasteiger partial charge on any atom is 0.309 e. The monoisotopic (exact) mass is 354 g/mol. The molecule has 0 spiro atoms. The van der Waals surface area contributed by atoms with Gasteiger partial charge in [-0.25, -0.2) is 0 Å². The Bertz CT molecular complexity index is 348. The lowest BCUT2D eigenvalue weighted by atomic mass is 9.91. The van der Waals surface area contributed by atoms with E-state index in [0.717, 1.165) is 0 Å². The van der Waals surface area contributed by atoms with E-state index in [1.807, 2.05) is 0 Å². The van der Waals surface area contributed by atoms with Gasteiger partial charge in [0.05, 0.1) is 10.8 Å². The van der Waals surface area contributed by atoms with E-state index in [-0.39, 0.29) is 23.0 Å². The van der Waals surface area contributed by atoms with E-state index in [9.17, 15) is 18.7 Å². The summed E-state index contributed by atoms with van der Waals surface area (Å²) >= 11 is -2.42. The fourth-order valence-electron chi connectivity index (χ4n) is 1.34. The van der Waals surface area contributed by atoms with Gasteiger partial charge >= 0.3 is 11.9 Å². The maximum atomic E-state index is 11.8. The van der Waals surface area contributed by atoms with Crippen LogP contribution in [0.15, 0.2) is 0 Å². The molecule has 0 aromatic rings. The van der Waals surface area contributed by atoms with E-state index in [0.29, 0.717) is 12.8 Å². The van der Waals surface area contributed by atoms with Gasteiger partial charge in [-0.1, -0.05) is 0 Å². The van der Waals surface area contributed by atoms with Crippen LogP contribution in [0, 0.1) is 10.8 Å². The first-order valence-corrected chi connectivity index (χ1v) is 10.0. The third kappa shape index (κ3) is 8.26. The predicted octanol–water partition coefficient (Wildman–Crippen LogP) is 1.49. The molecule has 130 valence electrons. The van der Waals surface area contributed by atoms with Gasteiger partial charge in [0.2, 0.25) is 0 Å². The molecule has 0 amide bonds. The van der Waals surface area contributed by atoms with Crippen molar-refractivity contribution in [1.82, 2.24) is 0 Å². The summed E-state index contributed by atoms with van der Waals surface area (Å²) < 4.78 is 23.6. The number of carboxylic acid groups (broad SMARTS) is 2. The molecule has 0 saturated heterocycles. The second-order valence-electron chi connectivity index (χ2n) is 6.57. The minimum absolute atomic E-state index is 0.246. The van der Waals surface area contributed by atoms with E-state index in [4.69, 9.17) is 10.2 Å². The van der Waals surface area contributed by atoms with Crippen LogP contribution in [0.4, 0.5) is 0 Å². The van der Waals surface area contributed by atoms with Crippen molar-refractivity contribution in [2.45, 2.75) is 40.5 Å². The number of aliphatic carboxylic acids is 2. The van der Waals surface area contributed by atoms with Crippen LogP contribution in [-0.4, -0.2) is 54.3 Å². The molecule has 0 aliphatic rings. The number of hydrogen-bond donors (Lipinski definition) is 2. The molecule has 0 bridgehead atoms. The maximum absolute atomic E-state index is 11.8. The van der Waals surface area contributed by atoms with Crippen LogP contribution in [0.2, 0.25) is 0 Å². The SMILES string of the molecule is CC(C)(CC[S+]([O-])CC[S+]([O-])CCC(C)(C)C(=O)O)C(=O)O. The fourth-order valence-corrected chi connectivity index (χ4v) is 4.71. The normalized spacial score (nSPS) is 15.4. The highest BCUT2D eigenvalue weighted by molar-refractivity contribution is 7.95. The summed E-state index contributed by atoms with van der Waals surface area (Å²) in [7, 11) is 0. The zero-order valence-electron chi connectivity index (χ0n) is 13.6. The van der Waals surface area contributed by atoms with E-state index in [2.05, 4.69) is 0 Å². The fraction of sp³-hybridized carbons (Fsp3) is 0.857. The quantitative estimate of drug-likeness (QED) is 0.542. The van der Waals surface area contributed by atoms with Gasteiger partial charge in [0.15, 0.2) is 0 Å². The molecule has 0 saturated carbocycles. The van der Waals surface area contributed by atoms with Gasteiger partial charge in [-0.2, -0.15) is 0 Å². The van der Waals surface area contributed by atoms with Gasteiger partial charge in [-0.3, -0.25) is 9.59 Å². The summed E-state index contributed by atoms with van der Waals surface area (Å²) in [5.74, 6) is -0.840. The molecule has 2 N–H and O–H groups in total. The van der Waals surface area contributed by atoms with Crippen molar-refractivity contribution in [1.29, 1.82) is 0 Å². The van der Waals surface area contributed by atoms with Crippen LogP contribution in [0.1, 0.15) is 40.5 Å². The summed E-state index contributed by atoms with van der Waals surface area (Å²) in [6.45, 7) is 6.33. The minimum atomic E-state index is -1.21. The third-order valence-corrected chi connectivity index (χ3v) is 6.50. The first kappa shape index (κ1) is 21.6. The summed E-state index contributed by atoms with van der Waals surface area (Å²) in [5.41, 5.74) is -1.83. The Labute approximate surface area is 138 Å². The standard InChI is InChI=1S/C14H26O6S2/c1-13(2,11(15)16)5-7-21(19)9-10-22(20)8-6-14(3,4)12(17)18/h5-10H2,1-4H3,(H,15,16)(H,17,18). The van der Waals surface area contributed by atoms with Crippen molar-refractivity contribution in [3.8, 4) is 0 Å². The molecule has 6 nitrogen and oxygen atoms in total. The zero-order valence-corrected chi connectivity index (χ0v) is 15.2. The Kier molecular flexibility index (Phi) is 8.82. The van der Waals surface area contributed by atoms with Gasteiger partial charge in [0, 0.05) is 12.8 Å². The van der Waals surface area contributed by atoms with E-state index in [1.54, 1.807) is 27.7 Å². The molecule has 0 radical (unpaired) electrons. The lowest BCUT2D eigenvalue weighted by molar-refractivity contribution is -0.147. The van der Waals surface area contributed by atoms with Crippen molar-refractivity contribution in [2.75, 3.05) is 23.0 Å². The Morgan fingerprint density at radius 2 is 1.05 bits per heavy atom. The van der Waals surface area contributed by atoms with Crippen molar-refractivity contribution < 1.29 is 28.9 Å². The van der Waals surface area contributed by atoms with E-state index >= 15 is 0 Å². The minimum Gasteiger partial charge on any atom is -0.616 e. The summed E-state index contributed by atoms with van der Waals surface area (Å²) in [6, 6.07) is 0. The van der Waals surface area contributed by atoms with Gasteiger partial charge in [0.1, 0.15) is 23.0 Å². The summed E-state index contributed by atoms with van der Waals surface area (Å²) in [6.07, 6.45) is 0.598. The molecule has 0 aromatic carbocycles. The molecule has 22 heavy (non-hydrogen) atoms. The second-order valence-corrected chi connectivity index (χ2v) is 9.97. The Hall–Kier alpha value is -0.440. The van der Waals surface area contributed by atoms with Crippen molar-refractivity contribution >= 4 is 34.3 Å². The van der Waals surface area contributed by atoms with Gasteiger partial charge in [-0.05, 0) is 50.0 Å². The van der Waals surface area contributed by atoms with Gasteiger partial charge in [-0.15, -0.1) is 0 Å². The zero-order chi connectivity index (χ0) is 17.6. The first-order chi connectivity index (χ1) is 9.88. The van der Waals surface area contributed by atoms with Crippen molar-refractivity contribution in [3.05, 3.63) is 0 Å². The van der Waals surface area contributed by atoms with Crippen LogP contribution >= 0.6 is 0 Å². The van der Waals surface area contributed by atoms with E-state index < -0.39 is 45.1 Å². The van der Waals surface area contributed by atoms with Gasteiger partial charge in [0.25, 0.3) is 0 Å². The predicted molar refractivity (Wildman–Crippen MR) is 87.8 cm³/mol. The average molecular weight is 354 g/mol. The topological polar surface area (TPSA) is 121 Å². The molecule has 2 atom stereocenters. The molecular formula is C14H26O6S2. The highest BCUT2D eigenvalue weighted by atomic mass is 32.2. The molecule has 0 heterocycles. The van der Waals surface area contributed by atoms with Crippen LogP contribution in [0.3, 0.4) is 0 Å². The third-order valence-electron chi connectivity index (χ3n) is 3.61. The lowest BCUT2D eigenvalue weighted by Crippen LogP contribution is -2.30. The number of carbonyl (C=O) groups is 2. The van der Waals surface area contributed by atoms with Crippen LogP contribution in [-0.2, 0) is 31.9 Å². The molecule has 0 fully saturated rings. The summed E-state index contributed by atoms with van der Waals surface area (Å²) in [5, 5.41) is 17.9. The first-order valence-electron chi connectivity index (χ1n) is 7.05. The number of hydrogen-bond acceptors (Lipinski definition) is 4. The van der Waals surface area contributed by atoms with Crippen molar-refractivity contribution in [3.63, 3.8) is 0 Å². The Morgan fingerprint density at radius 1 is 0.773 bits per heavy atom. The number of rotatable bonds is 11. The van der Waals surface area contributed by atoms with Crippen LogP contribution in [0.25, 0.3) is 0 Å². The van der Waals surface area contributed by atoms with Crippen LogP contribution < -0.4 is 0 Å². The Balaban J connectivity index is 4.03. The Morgan fingerprint density at radius 3 is 1.27 bits per heavy atom. The smallest absolute Gasteiger partial charge is 0.309 e. The molecule has 0 rings (SSSR count).